The number of benzene rings is 2. The van der Waals surface area contributed by atoms with Gasteiger partial charge in [-0.05, 0) is 24.6 Å². The van der Waals surface area contributed by atoms with Crippen molar-refractivity contribution in [2.24, 2.45) is 0 Å². The highest BCUT2D eigenvalue weighted by molar-refractivity contribution is 6.33. The summed E-state index contributed by atoms with van der Waals surface area (Å²) in [5.74, 6) is -0.292. The summed E-state index contributed by atoms with van der Waals surface area (Å²) in [4.78, 5) is 12.1. The van der Waals surface area contributed by atoms with E-state index >= 15 is 0 Å². The van der Waals surface area contributed by atoms with E-state index in [0.29, 0.717) is 17.1 Å². The van der Waals surface area contributed by atoms with E-state index in [1.807, 2.05) is 37.3 Å². The lowest BCUT2D eigenvalue weighted by atomic mass is 10.1. The lowest BCUT2D eigenvalue weighted by Crippen LogP contribution is -2.23. The third kappa shape index (κ3) is 3.57. The second-order valence-electron chi connectivity index (χ2n) is 5.06. The molecule has 3 rings (SSSR count). The van der Waals surface area contributed by atoms with Gasteiger partial charge < -0.3 is 9.73 Å². The van der Waals surface area contributed by atoms with E-state index < -0.39 is 5.91 Å². The number of hydrogen-bond donors (Lipinski definition) is 1. The third-order valence-electron chi connectivity index (χ3n) is 3.30. The molecule has 1 heterocycles. The molecule has 0 spiro atoms. The fraction of sp³-hybridized carbons (Fsp3) is 0.118. The summed E-state index contributed by atoms with van der Waals surface area (Å²) >= 11 is 6.07. The minimum absolute atomic E-state index is 0.0907. The zero-order valence-corrected chi connectivity index (χ0v) is 13.2. The summed E-state index contributed by atoms with van der Waals surface area (Å²) in [5.41, 5.74) is 2.76. The molecule has 0 fully saturated rings. The van der Waals surface area contributed by atoms with Crippen LogP contribution in [0, 0.1) is 6.92 Å². The standard InChI is InChI=1S/C17H14ClN3O2/c1-11-6-8-12(9-7-11)10-19-15(22)17-21-20-16(23-17)13-4-2-3-5-14(13)18/h2-9H,10H2,1H3,(H,19,22). The van der Waals surface area contributed by atoms with Crippen molar-refractivity contribution in [2.45, 2.75) is 13.5 Å². The van der Waals surface area contributed by atoms with Crippen molar-refractivity contribution in [3.05, 3.63) is 70.6 Å². The molecule has 0 atom stereocenters. The number of halogens is 1. The third-order valence-corrected chi connectivity index (χ3v) is 3.63. The molecular weight excluding hydrogens is 314 g/mol. The van der Waals surface area contributed by atoms with Crippen molar-refractivity contribution in [1.82, 2.24) is 15.5 Å². The SMILES string of the molecule is Cc1ccc(CNC(=O)c2nnc(-c3ccccc3Cl)o2)cc1. The number of aromatic nitrogens is 2. The molecule has 0 aliphatic carbocycles. The number of rotatable bonds is 4. The molecule has 116 valence electrons. The maximum atomic E-state index is 12.1. The number of hydrogen-bond acceptors (Lipinski definition) is 4. The molecule has 0 unspecified atom stereocenters. The van der Waals surface area contributed by atoms with Crippen molar-refractivity contribution in [3.8, 4) is 11.5 Å². The molecular formula is C17H14ClN3O2. The Labute approximate surface area is 138 Å². The van der Waals surface area contributed by atoms with E-state index in [0.717, 1.165) is 5.56 Å². The number of aryl methyl sites for hydroxylation is 1. The van der Waals surface area contributed by atoms with Crippen molar-refractivity contribution >= 4 is 17.5 Å². The molecule has 0 saturated carbocycles. The molecule has 3 aromatic rings. The summed E-state index contributed by atoms with van der Waals surface area (Å²) in [6.07, 6.45) is 0. The van der Waals surface area contributed by atoms with Crippen molar-refractivity contribution in [2.75, 3.05) is 0 Å². The zero-order chi connectivity index (χ0) is 16.2. The van der Waals surface area contributed by atoms with Crippen molar-refractivity contribution in [3.63, 3.8) is 0 Å². The van der Waals surface area contributed by atoms with Crippen molar-refractivity contribution in [1.29, 1.82) is 0 Å². The zero-order valence-electron chi connectivity index (χ0n) is 12.4. The number of carbonyl (C=O) groups is 1. The number of nitrogens with one attached hydrogen (secondary N) is 1. The van der Waals surface area contributed by atoms with E-state index in [2.05, 4.69) is 15.5 Å². The Hall–Kier alpha value is -2.66. The maximum Gasteiger partial charge on any atom is 0.309 e. The molecule has 0 aliphatic heterocycles. The van der Waals surface area contributed by atoms with Gasteiger partial charge in [0, 0.05) is 6.54 Å². The van der Waals surface area contributed by atoms with Crippen LogP contribution in [0.2, 0.25) is 5.02 Å². The number of amides is 1. The summed E-state index contributed by atoms with van der Waals surface area (Å²) in [5, 5.41) is 10.9. The highest BCUT2D eigenvalue weighted by Gasteiger charge is 2.16. The highest BCUT2D eigenvalue weighted by atomic mass is 35.5. The first-order valence-corrected chi connectivity index (χ1v) is 7.43. The molecule has 1 N–H and O–H groups in total. The number of carbonyl (C=O) groups excluding carboxylic acids is 1. The van der Waals surface area contributed by atoms with Gasteiger partial charge in [0.25, 0.3) is 0 Å². The second-order valence-corrected chi connectivity index (χ2v) is 5.47. The predicted octanol–water partition coefficient (Wildman–Crippen LogP) is 3.63. The van der Waals surface area contributed by atoms with Crippen LogP contribution in [0.25, 0.3) is 11.5 Å². The summed E-state index contributed by atoms with van der Waals surface area (Å²) in [6.45, 7) is 2.40. The molecule has 0 saturated heterocycles. The summed E-state index contributed by atoms with van der Waals surface area (Å²) in [6, 6.07) is 15.0. The largest absolute Gasteiger partial charge is 0.412 e. The second kappa shape index (κ2) is 6.62. The van der Waals surface area contributed by atoms with Gasteiger partial charge in [-0.15, -0.1) is 10.2 Å². The highest BCUT2D eigenvalue weighted by Crippen LogP contribution is 2.26. The first-order valence-electron chi connectivity index (χ1n) is 7.05. The molecule has 0 radical (unpaired) electrons. The van der Waals surface area contributed by atoms with Crippen LogP contribution in [-0.2, 0) is 6.54 Å². The summed E-state index contributed by atoms with van der Waals surface area (Å²) < 4.78 is 5.40. The molecule has 1 aromatic heterocycles. The molecule has 2 aromatic carbocycles. The average Bonchev–Trinajstić information content (AvgIpc) is 3.04. The van der Waals surface area contributed by atoms with Crippen LogP contribution in [0.15, 0.2) is 52.9 Å². The lowest BCUT2D eigenvalue weighted by molar-refractivity contribution is 0.0917. The molecule has 0 bridgehead atoms. The van der Waals surface area contributed by atoms with Crippen LogP contribution >= 0.6 is 11.6 Å². The first-order chi connectivity index (χ1) is 11.1. The van der Waals surface area contributed by atoms with Gasteiger partial charge in [0.2, 0.25) is 5.89 Å². The smallest absolute Gasteiger partial charge is 0.309 e. The molecule has 6 heteroatoms. The minimum atomic E-state index is -0.420. The quantitative estimate of drug-likeness (QED) is 0.794. The van der Waals surface area contributed by atoms with E-state index in [1.165, 1.54) is 5.56 Å². The van der Waals surface area contributed by atoms with Gasteiger partial charge in [0.15, 0.2) is 0 Å². The van der Waals surface area contributed by atoms with E-state index in [4.69, 9.17) is 16.0 Å². The van der Waals surface area contributed by atoms with E-state index in [9.17, 15) is 4.79 Å². The fourth-order valence-corrected chi connectivity index (χ4v) is 2.24. The van der Waals surface area contributed by atoms with Gasteiger partial charge in [-0.1, -0.05) is 53.6 Å². The van der Waals surface area contributed by atoms with E-state index in [1.54, 1.807) is 18.2 Å². The van der Waals surface area contributed by atoms with Gasteiger partial charge in [-0.3, -0.25) is 4.79 Å². The minimum Gasteiger partial charge on any atom is -0.412 e. The summed E-state index contributed by atoms with van der Waals surface area (Å²) in [7, 11) is 0. The van der Waals surface area contributed by atoms with Gasteiger partial charge in [-0.2, -0.15) is 0 Å². The Kier molecular flexibility index (Phi) is 4.39. The average molecular weight is 328 g/mol. The van der Waals surface area contributed by atoms with Crippen LogP contribution in [0.5, 0.6) is 0 Å². The Balaban J connectivity index is 1.69. The molecule has 23 heavy (non-hydrogen) atoms. The predicted molar refractivity (Wildman–Crippen MR) is 87.1 cm³/mol. The van der Waals surface area contributed by atoms with Crippen LogP contribution < -0.4 is 5.32 Å². The molecule has 0 aliphatic rings. The maximum absolute atomic E-state index is 12.1. The van der Waals surface area contributed by atoms with Gasteiger partial charge in [0.05, 0.1) is 10.6 Å². The van der Waals surface area contributed by atoms with Crippen LogP contribution in [0.3, 0.4) is 0 Å². The van der Waals surface area contributed by atoms with Crippen LogP contribution in [0.1, 0.15) is 21.8 Å². The Morgan fingerprint density at radius 1 is 1.13 bits per heavy atom. The lowest BCUT2D eigenvalue weighted by Gasteiger charge is -2.03. The Morgan fingerprint density at radius 3 is 2.61 bits per heavy atom. The van der Waals surface area contributed by atoms with Gasteiger partial charge in [-0.25, -0.2) is 0 Å². The topological polar surface area (TPSA) is 68.0 Å². The van der Waals surface area contributed by atoms with Crippen molar-refractivity contribution < 1.29 is 9.21 Å². The van der Waals surface area contributed by atoms with Gasteiger partial charge >= 0.3 is 11.8 Å². The molecule has 1 amide bonds. The van der Waals surface area contributed by atoms with Crippen LogP contribution in [-0.4, -0.2) is 16.1 Å². The number of nitrogens with zero attached hydrogens (tertiary/aromatic N) is 2. The monoisotopic (exact) mass is 327 g/mol. The van der Waals surface area contributed by atoms with Crippen LogP contribution in [0.4, 0.5) is 0 Å². The Morgan fingerprint density at radius 2 is 1.87 bits per heavy atom. The normalized spacial score (nSPS) is 10.5. The molecule has 5 nitrogen and oxygen atoms in total. The van der Waals surface area contributed by atoms with E-state index in [-0.39, 0.29) is 11.8 Å². The van der Waals surface area contributed by atoms with Gasteiger partial charge in [0.1, 0.15) is 0 Å². The Bertz CT molecular complexity index is 828. The fourth-order valence-electron chi connectivity index (χ4n) is 2.02. The first kappa shape index (κ1) is 15.2.